The highest BCUT2D eigenvalue weighted by Gasteiger charge is 2.19. The van der Waals surface area contributed by atoms with Crippen LogP contribution in [0.3, 0.4) is 0 Å². The fraction of sp³-hybridized carbons (Fsp3) is 0. The molecule has 2 aromatic carbocycles. The summed E-state index contributed by atoms with van der Waals surface area (Å²) in [6.07, 6.45) is 7.96. The Kier molecular flexibility index (Phi) is 5.50. The molecule has 0 saturated carbocycles. The Balaban J connectivity index is 1.60. The number of H-pyrrole nitrogens is 2. The number of benzene rings is 2. The highest BCUT2D eigenvalue weighted by Crippen LogP contribution is 2.40. The van der Waals surface area contributed by atoms with E-state index in [1.807, 2.05) is 60.7 Å². The van der Waals surface area contributed by atoms with Gasteiger partial charge in [0.05, 0.1) is 32.8 Å². The van der Waals surface area contributed by atoms with Gasteiger partial charge in [0.2, 0.25) is 0 Å². The van der Waals surface area contributed by atoms with E-state index in [1.165, 1.54) is 0 Å². The van der Waals surface area contributed by atoms with Crippen LogP contribution in [-0.4, -0.2) is 19.9 Å². The second-order valence-corrected chi connectivity index (χ2v) is 9.98. The summed E-state index contributed by atoms with van der Waals surface area (Å²) in [5.74, 6) is 0. The average Bonchev–Trinajstić information content (AvgIpc) is 3.72. The summed E-state index contributed by atoms with van der Waals surface area (Å²) < 4.78 is 0. The maximum absolute atomic E-state index is 6.67. The quantitative estimate of drug-likeness (QED) is 0.234. The molecule has 0 aliphatic carbocycles. The number of fused-ring (bicyclic) bond motifs is 8. The summed E-state index contributed by atoms with van der Waals surface area (Å²) in [5.41, 5.74) is 10.8. The zero-order chi connectivity index (χ0) is 25.6. The van der Waals surface area contributed by atoms with Gasteiger partial charge in [-0.15, -0.1) is 0 Å². The molecule has 2 aliphatic heterocycles. The molecule has 182 valence electrons. The Morgan fingerprint density at radius 2 is 1.05 bits per heavy atom. The first kappa shape index (κ1) is 22.8. The van der Waals surface area contributed by atoms with Crippen LogP contribution in [0.25, 0.3) is 68.6 Å². The molecule has 0 amide bonds. The molecule has 7 rings (SSSR count). The smallest absolute Gasteiger partial charge is 0.0738 e. The molecule has 0 fully saturated rings. The van der Waals surface area contributed by atoms with Crippen molar-refractivity contribution in [2.24, 2.45) is 0 Å². The number of aromatic amines is 2. The molecule has 0 radical (unpaired) electrons. The van der Waals surface area contributed by atoms with Crippen LogP contribution in [0.4, 0.5) is 0 Å². The van der Waals surface area contributed by atoms with Crippen molar-refractivity contribution >= 4 is 69.6 Å². The lowest BCUT2D eigenvalue weighted by molar-refractivity contribution is 1.28. The minimum absolute atomic E-state index is 0.552. The lowest BCUT2D eigenvalue weighted by atomic mass is 10.0. The van der Waals surface area contributed by atoms with Crippen LogP contribution in [0, 0.1) is 0 Å². The van der Waals surface area contributed by atoms with Crippen LogP contribution in [0.2, 0.25) is 10.0 Å². The largest absolute Gasteiger partial charge is 0.355 e. The molecule has 5 aromatic rings. The topological polar surface area (TPSA) is 57.4 Å². The van der Waals surface area contributed by atoms with Crippen LogP contribution < -0.4 is 0 Å². The van der Waals surface area contributed by atoms with E-state index in [9.17, 15) is 0 Å². The molecule has 0 saturated heterocycles. The minimum Gasteiger partial charge on any atom is -0.355 e. The predicted molar refractivity (Wildman–Crippen MR) is 160 cm³/mol. The van der Waals surface area contributed by atoms with Gasteiger partial charge in [0.25, 0.3) is 0 Å². The summed E-state index contributed by atoms with van der Waals surface area (Å²) in [6.45, 7) is 0. The van der Waals surface area contributed by atoms with Crippen molar-refractivity contribution in [3.8, 4) is 22.3 Å². The number of nitrogens with one attached hydrogen (secondary N) is 2. The van der Waals surface area contributed by atoms with Gasteiger partial charge in [-0.05, 0) is 78.4 Å². The number of hydrogen-bond acceptors (Lipinski definition) is 2. The van der Waals surface area contributed by atoms with Crippen LogP contribution in [-0.2, 0) is 0 Å². The fourth-order valence-electron chi connectivity index (χ4n) is 4.98. The van der Waals surface area contributed by atoms with E-state index >= 15 is 0 Å². The molecule has 38 heavy (non-hydrogen) atoms. The van der Waals surface area contributed by atoms with Gasteiger partial charge < -0.3 is 9.97 Å². The Labute approximate surface area is 229 Å². The van der Waals surface area contributed by atoms with E-state index in [0.717, 1.165) is 67.1 Å². The zero-order valence-corrected chi connectivity index (χ0v) is 21.6. The van der Waals surface area contributed by atoms with Crippen molar-refractivity contribution in [3.05, 3.63) is 118 Å². The number of nitrogens with zero attached hydrogens (tertiary/aromatic N) is 2. The molecule has 2 aliphatic rings. The standard InChI is InChI=1S/C32H20Cl2N4/c33-24-7-4-8-25(34)31(24)32-28-15-11-22(37-28)17-20-9-13-26(35-20)30(19-5-2-1-3-6-19)27-14-10-21(36-27)18-23-12-16-29(32)38-23/h1-18,35-36H. The third-order valence-electron chi connectivity index (χ3n) is 6.67. The number of halogens is 2. The van der Waals surface area contributed by atoms with Gasteiger partial charge >= 0.3 is 0 Å². The van der Waals surface area contributed by atoms with E-state index in [0.29, 0.717) is 10.0 Å². The van der Waals surface area contributed by atoms with Crippen LogP contribution in [0.1, 0.15) is 22.8 Å². The van der Waals surface area contributed by atoms with Gasteiger partial charge in [-0.25, -0.2) is 9.97 Å². The maximum Gasteiger partial charge on any atom is 0.0738 e. The van der Waals surface area contributed by atoms with E-state index in [2.05, 4.69) is 58.5 Å². The number of hydrogen-bond donors (Lipinski definition) is 2. The van der Waals surface area contributed by atoms with Crippen molar-refractivity contribution in [2.45, 2.75) is 0 Å². The van der Waals surface area contributed by atoms with Crippen LogP contribution >= 0.6 is 23.2 Å². The molecule has 0 spiro atoms. The second kappa shape index (κ2) is 9.18. The lowest BCUT2D eigenvalue weighted by Gasteiger charge is -2.09. The molecule has 3 aromatic heterocycles. The van der Waals surface area contributed by atoms with Gasteiger partial charge in [0.1, 0.15) is 0 Å². The van der Waals surface area contributed by atoms with Gasteiger partial charge in [0.15, 0.2) is 0 Å². The SMILES string of the molecule is Clc1cccc(Cl)c1-c1c2nc(cc3ccc([nH]3)c(-c3ccccc3)c3ccc(cc4nc1C=C4)[nH]3)C=C2. The average molecular weight is 531 g/mol. The Morgan fingerprint density at radius 1 is 0.500 bits per heavy atom. The predicted octanol–water partition coefficient (Wildman–Crippen LogP) is 9.30. The third-order valence-corrected chi connectivity index (χ3v) is 7.30. The third kappa shape index (κ3) is 4.04. The van der Waals surface area contributed by atoms with Crippen molar-refractivity contribution in [3.63, 3.8) is 0 Å². The van der Waals surface area contributed by atoms with E-state index < -0.39 is 0 Å². The normalized spacial score (nSPS) is 12.3. The van der Waals surface area contributed by atoms with Gasteiger partial charge in [-0.1, -0.05) is 59.6 Å². The molecule has 4 nitrogen and oxygen atoms in total. The lowest BCUT2D eigenvalue weighted by Crippen LogP contribution is -1.91. The van der Waals surface area contributed by atoms with Crippen molar-refractivity contribution in [1.82, 2.24) is 19.9 Å². The molecule has 6 heteroatoms. The highest BCUT2D eigenvalue weighted by molar-refractivity contribution is 6.39. The van der Waals surface area contributed by atoms with Gasteiger partial charge in [-0.2, -0.15) is 0 Å². The first-order valence-corrected chi connectivity index (χ1v) is 13.0. The van der Waals surface area contributed by atoms with Gasteiger partial charge in [-0.3, -0.25) is 0 Å². The number of aromatic nitrogens is 4. The van der Waals surface area contributed by atoms with Crippen LogP contribution in [0.5, 0.6) is 0 Å². The van der Waals surface area contributed by atoms with Crippen molar-refractivity contribution < 1.29 is 0 Å². The van der Waals surface area contributed by atoms with Crippen molar-refractivity contribution in [1.29, 1.82) is 0 Å². The van der Waals surface area contributed by atoms with Crippen molar-refractivity contribution in [2.75, 3.05) is 0 Å². The highest BCUT2D eigenvalue weighted by atomic mass is 35.5. The molecule has 0 atom stereocenters. The molecular formula is C32H20Cl2N4. The molecule has 8 bridgehead atoms. The summed E-state index contributed by atoms with van der Waals surface area (Å²) in [7, 11) is 0. The Morgan fingerprint density at radius 3 is 1.61 bits per heavy atom. The zero-order valence-electron chi connectivity index (χ0n) is 20.0. The number of rotatable bonds is 2. The van der Waals surface area contributed by atoms with Crippen LogP contribution in [0.15, 0.2) is 84.9 Å². The molecule has 2 N–H and O–H groups in total. The maximum atomic E-state index is 6.67. The molecular weight excluding hydrogens is 511 g/mol. The Bertz CT molecular complexity index is 1830. The molecule has 5 heterocycles. The summed E-state index contributed by atoms with van der Waals surface area (Å²) in [4.78, 5) is 17.0. The fourth-order valence-corrected chi connectivity index (χ4v) is 5.57. The molecule has 0 unspecified atom stereocenters. The Hall–Kier alpha value is -4.38. The summed E-state index contributed by atoms with van der Waals surface area (Å²) in [6, 6.07) is 28.3. The summed E-state index contributed by atoms with van der Waals surface area (Å²) >= 11 is 13.3. The second-order valence-electron chi connectivity index (χ2n) is 9.17. The minimum atomic E-state index is 0.552. The first-order chi connectivity index (χ1) is 18.6. The first-order valence-electron chi connectivity index (χ1n) is 12.2. The monoisotopic (exact) mass is 530 g/mol. The van der Waals surface area contributed by atoms with Gasteiger partial charge in [0, 0.05) is 38.8 Å². The van der Waals surface area contributed by atoms with E-state index in [1.54, 1.807) is 0 Å². The van der Waals surface area contributed by atoms with E-state index in [4.69, 9.17) is 33.2 Å². The summed E-state index contributed by atoms with van der Waals surface area (Å²) in [5, 5.41) is 1.10. The van der Waals surface area contributed by atoms with E-state index in [-0.39, 0.29) is 0 Å².